The third kappa shape index (κ3) is 3.47. The van der Waals surface area contributed by atoms with Gasteiger partial charge in [0, 0.05) is 22.1 Å². The van der Waals surface area contributed by atoms with Gasteiger partial charge in [-0.25, -0.2) is 0 Å². The minimum Gasteiger partial charge on any atom is -0.388 e. The summed E-state index contributed by atoms with van der Waals surface area (Å²) in [6, 6.07) is 6.36. The molecule has 0 saturated heterocycles. The van der Waals surface area contributed by atoms with Gasteiger partial charge in [0.25, 0.3) is 0 Å². The third-order valence-corrected chi connectivity index (χ3v) is 4.60. The molecule has 1 saturated carbocycles. The van der Waals surface area contributed by atoms with Crippen LogP contribution in [0.1, 0.15) is 37.4 Å². The summed E-state index contributed by atoms with van der Waals surface area (Å²) in [5.41, 5.74) is 0.821. The van der Waals surface area contributed by atoms with E-state index in [0.717, 1.165) is 29.0 Å². The Bertz CT molecular complexity index is 409. The molecule has 0 bridgehead atoms. The van der Waals surface area contributed by atoms with Crippen LogP contribution in [-0.2, 0) is 0 Å². The zero-order chi connectivity index (χ0) is 13.1. The van der Waals surface area contributed by atoms with Crippen LogP contribution in [0.5, 0.6) is 0 Å². The smallest absolute Gasteiger partial charge is 0.0816 e. The molecule has 1 atom stereocenters. The molecule has 4 heteroatoms. The van der Waals surface area contributed by atoms with Gasteiger partial charge in [-0.3, -0.25) is 0 Å². The average Bonchev–Trinajstić information content (AvgIpc) is 2.23. The minimum absolute atomic E-state index is 0.479. The van der Waals surface area contributed by atoms with Crippen molar-refractivity contribution in [3.8, 4) is 0 Å². The predicted octanol–water partition coefficient (Wildman–Crippen LogP) is 4.01. The van der Waals surface area contributed by atoms with E-state index in [1.165, 1.54) is 19.3 Å². The molecule has 0 spiro atoms. The van der Waals surface area contributed by atoms with Gasteiger partial charge in [0.05, 0.1) is 6.10 Å². The van der Waals surface area contributed by atoms with E-state index >= 15 is 0 Å². The van der Waals surface area contributed by atoms with E-state index in [2.05, 4.69) is 27.9 Å². The lowest BCUT2D eigenvalue weighted by molar-refractivity contribution is 0.112. The van der Waals surface area contributed by atoms with Crippen LogP contribution in [0.2, 0.25) is 5.02 Å². The lowest BCUT2D eigenvalue weighted by Crippen LogP contribution is -2.38. The number of hydrogen-bond donors (Lipinski definition) is 1. The molecule has 2 rings (SSSR count). The zero-order valence-electron chi connectivity index (χ0n) is 10.6. The summed E-state index contributed by atoms with van der Waals surface area (Å²) in [7, 11) is 2.14. The molecule has 1 fully saturated rings. The maximum Gasteiger partial charge on any atom is 0.0816 e. The fraction of sp³-hybridized carbons (Fsp3) is 0.571. The Hall–Kier alpha value is -0.0900. The zero-order valence-corrected chi connectivity index (χ0v) is 12.9. The first-order valence-electron chi connectivity index (χ1n) is 6.41. The lowest BCUT2D eigenvalue weighted by atomic mass is 9.91. The molecular formula is C14H19BrClNO. The van der Waals surface area contributed by atoms with E-state index < -0.39 is 6.10 Å². The van der Waals surface area contributed by atoms with Gasteiger partial charge in [0.15, 0.2) is 0 Å². The van der Waals surface area contributed by atoms with Crippen LogP contribution in [0.25, 0.3) is 0 Å². The Kier molecular flexibility index (Phi) is 5.07. The maximum absolute atomic E-state index is 10.2. The van der Waals surface area contributed by atoms with E-state index in [1.807, 2.05) is 18.2 Å². The van der Waals surface area contributed by atoms with Crippen molar-refractivity contribution < 1.29 is 5.11 Å². The van der Waals surface area contributed by atoms with Crippen molar-refractivity contribution >= 4 is 27.5 Å². The van der Waals surface area contributed by atoms with Crippen LogP contribution < -0.4 is 0 Å². The van der Waals surface area contributed by atoms with Gasteiger partial charge in [-0.2, -0.15) is 0 Å². The molecule has 100 valence electrons. The van der Waals surface area contributed by atoms with Crippen LogP contribution in [0, 0.1) is 0 Å². The highest BCUT2D eigenvalue weighted by Crippen LogP contribution is 2.29. The van der Waals surface area contributed by atoms with Gasteiger partial charge < -0.3 is 10.0 Å². The summed E-state index contributed by atoms with van der Waals surface area (Å²) in [5.74, 6) is 0. The normalized spacial score (nSPS) is 17.8. The standard InChI is InChI=1S/C14H19BrClNO/c1-17(11-3-2-4-11)8-7-14(18)12-6-5-10(15)9-13(12)16/h5-6,9,11,14,18H,2-4,7-8H2,1H3. The maximum atomic E-state index is 10.2. The highest BCUT2D eigenvalue weighted by molar-refractivity contribution is 9.10. The molecule has 1 aliphatic carbocycles. The number of nitrogens with zero attached hydrogens (tertiary/aromatic N) is 1. The lowest BCUT2D eigenvalue weighted by Gasteiger charge is -2.35. The summed E-state index contributed by atoms with van der Waals surface area (Å²) in [6.07, 6.45) is 4.19. The molecule has 0 radical (unpaired) electrons. The van der Waals surface area contributed by atoms with E-state index in [4.69, 9.17) is 11.6 Å². The second kappa shape index (κ2) is 6.38. The van der Waals surface area contributed by atoms with Gasteiger partial charge in [-0.1, -0.05) is 40.0 Å². The molecule has 1 aliphatic rings. The van der Waals surface area contributed by atoms with Crippen molar-refractivity contribution in [3.05, 3.63) is 33.3 Å². The topological polar surface area (TPSA) is 23.5 Å². The minimum atomic E-state index is -0.479. The van der Waals surface area contributed by atoms with Crippen LogP contribution in [0.15, 0.2) is 22.7 Å². The monoisotopic (exact) mass is 331 g/mol. The number of rotatable bonds is 5. The molecule has 0 aliphatic heterocycles. The van der Waals surface area contributed by atoms with Gasteiger partial charge >= 0.3 is 0 Å². The van der Waals surface area contributed by atoms with Crippen molar-refractivity contribution in [1.29, 1.82) is 0 Å². The second-order valence-corrected chi connectivity index (χ2v) is 6.36. The van der Waals surface area contributed by atoms with Gasteiger partial charge in [0.1, 0.15) is 0 Å². The van der Waals surface area contributed by atoms with Crippen molar-refractivity contribution in [2.75, 3.05) is 13.6 Å². The molecular weight excluding hydrogens is 314 g/mol. The Morgan fingerprint density at radius 2 is 2.22 bits per heavy atom. The van der Waals surface area contributed by atoms with Crippen molar-refractivity contribution in [2.24, 2.45) is 0 Å². The predicted molar refractivity (Wildman–Crippen MR) is 79.0 cm³/mol. The average molecular weight is 333 g/mol. The largest absolute Gasteiger partial charge is 0.388 e. The highest BCUT2D eigenvalue weighted by Gasteiger charge is 2.22. The van der Waals surface area contributed by atoms with Crippen LogP contribution in [-0.4, -0.2) is 29.6 Å². The molecule has 1 aromatic rings. The van der Waals surface area contributed by atoms with E-state index in [-0.39, 0.29) is 0 Å². The molecule has 18 heavy (non-hydrogen) atoms. The Labute approximate surface area is 122 Å². The van der Waals surface area contributed by atoms with E-state index in [9.17, 15) is 5.11 Å². The highest BCUT2D eigenvalue weighted by atomic mass is 79.9. The summed E-state index contributed by atoms with van der Waals surface area (Å²) in [5, 5.41) is 10.8. The van der Waals surface area contributed by atoms with Gasteiger partial charge in [0.2, 0.25) is 0 Å². The Morgan fingerprint density at radius 1 is 1.50 bits per heavy atom. The number of halogens is 2. The third-order valence-electron chi connectivity index (χ3n) is 3.77. The first-order chi connectivity index (χ1) is 8.58. The summed E-state index contributed by atoms with van der Waals surface area (Å²) >= 11 is 9.51. The SMILES string of the molecule is CN(CCC(O)c1ccc(Br)cc1Cl)C1CCC1. The molecule has 1 aromatic carbocycles. The second-order valence-electron chi connectivity index (χ2n) is 5.04. The first-order valence-corrected chi connectivity index (χ1v) is 7.58. The van der Waals surface area contributed by atoms with E-state index in [1.54, 1.807) is 0 Å². The number of aliphatic hydroxyl groups is 1. The van der Waals surface area contributed by atoms with Crippen molar-refractivity contribution in [1.82, 2.24) is 4.90 Å². The number of hydrogen-bond acceptors (Lipinski definition) is 2. The van der Waals surface area contributed by atoms with Crippen molar-refractivity contribution in [3.63, 3.8) is 0 Å². The molecule has 0 amide bonds. The molecule has 2 nitrogen and oxygen atoms in total. The van der Waals surface area contributed by atoms with Gasteiger partial charge in [-0.05, 0) is 44.0 Å². The fourth-order valence-corrected chi connectivity index (χ4v) is 3.06. The molecule has 0 aromatic heterocycles. The van der Waals surface area contributed by atoms with Crippen LogP contribution >= 0.6 is 27.5 Å². The quantitative estimate of drug-likeness (QED) is 0.880. The van der Waals surface area contributed by atoms with Gasteiger partial charge in [-0.15, -0.1) is 0 Å². The van der Waals surface area contributed by atoms with Crippen LogP contribution in [0.3, 0.4) is 0 Å². The fourth-order valence-electron chi connectivity index (χ4n) is 2.26. The van der Waals surface area contributed by atoms with Crippen LogP contribution in [0.4, 0.5) is 0 Å². The summed E-state index contributed by atoms with van der Waals surface area (Å²) < 4.78 is 0.940. The summed E-state index contributed by atoms with van der Waals surface area (Å²) in [6.45, 7) is 0.915. The molecule has 1 N–H and O–H groups in total. The number of benzene rings is 1. The Morgan fingerprint density at radius 3 is 2.78 bits per heavy atom. The van der Waals surface area contributed by atoms with Crippen molar-refractivity contribution in [2.45, 2.75) is 37.8 Å². The Balaban J connectivity index is 1.88. The number of aliphatic hydroxyl groups excluding tert-OH is 1. The summed E-state index contributed by atoms with van der Waals surface area (Å²) in [4.78, 5) is 2.35. The molecule has 0 heterocycles. The molecule has 1 unspecified atom stereocenters. The van der Waals surface area contributed by atoms with E-state index in [0.29, 0.717) is 5.02 Å². The first kappa shape index (κ1) is 14.3.